The van der Waals surface area contributed by atoms with Crippen molar-refractivity contribution in [1.29, 1.82) is 0 Å². The fraction of sp³-hybridized carbons (Fsp3) is 0.333. The predicted molar refractivity (Wildman–Crippen MR) is 114 cm³/mol. The summed E-state index contributed by atoms with van der Waals surface area (Å²) in [7, 11) is 0. The van der Waals surface area contributed by atoms with Crippen LogP contribution in [0.2, 0.25) is 0 Å². The molecule has 0 radical (unpaired) electrons. The molecule has 3 aromatic rings. The normalized spacial score (nSPS) is 14.2. The zero-order valence-corrected chi connectivity index (χ0v) is 16.7. The SMILES string of the molecule is CC(C)Oc1ccc(Nc2cc(N3CCN(c4ncccn4)CC3)ncn2)cc1. The maximum Gasteiger partial charge on any atom is 0.225 e. The lowest BCUT2D eigenvalue weighted by atomic mass is 10.3. The van der Waals surface area contributed by atoms with Crippen LogP contribution in [0, 0.1) is 0 Å². The number of anilines is 4. The van der Waals surface area contributed by atoms with E-state index in [-0.39, 0.29) is 6.10 Å². The van der Waals surface area contributed by atoms with E-state index in [9.17, 15) is 0 Å². The average Bonchev–Trinajstić information content (AvgIpc) is 2.76. The van der Waals surface area contributed by atoms with Gasteiger partial charge < -0.3 is 19.9 Å². The van der Waals surface area contributed by atoms with E-state index in [0.29, 0.717) is 0 Å². The van der Waals surface area contributed by atoms with E-state index >= 15 is 0 Å². The number of hydrogen-bond acceptors (Lipinski definition) is 8. The summed E-state index contributed by atoms with van der Waals surface area (Å²) in [6.45, 7) is 7.45. The molecule has 2 aromatic heterocycles. The molecule has 1 N–H and O–H groups in total. The average molecular weight is 391 g/mol. The second-order valence-corrected chi connectivity index (χ2v) is 7.10. The minimum Gasteiger partial charge on any atom is -0.491 e. The summed E-state index contributed by atoms with van der Waals surface area (Å²) < 4.78 is 5.69. The molecule has 1 aliphatic rings. The molecule has 1 fully saturated rings. The van der Waals surface area contributed by atoms with Crippen LogP contribution in [0.4, 0.5) is 23.3 Å². The Morgan fingerprint density at radius 2 is 1.59 bits per heavy atom. The molecule has 0 amide bonds. The van der Waals surface area contributed by atoms with Crippen LogP contribution >= 0.6 is 0 Å². The standard InChI is InChI=1S/C21H25N7O/c1-16(2)29-18-6-4-17(5-7-18)26-19-14-20(25-15-24-19)27-10-12-28(13-11-27)21-22-8-3-9-23-21/h3-9,14-16H,10-13H2,1-2H3,(H,24,25,26). The van der Waals surface area contributed by atoms with E-state index in [1.54, 1.807) is 18.7 Å². The number of aromatic nitrogens is 4. The fourth-order valence-corrected chi connectivity index (χ4v) is 3.22. The first-order chi connectivity index (χ1) is 14.2. The van der Waals surface area contributed by atoms with Crippen LogP contribution in [0.3, 0.4) is 0 Å². The number of benzene rings is 1. The highest BCUT2D eigenvalue weighted by Crippen LogP contribution is 2.22. The minimum absolute atomic E-state index is 0.159. The molecule has 0 spiro atoms. The number of hydrogen-bond donors (Lipinski definition) is 1. The van der Waals surface area contributed by atoms with Gasteiger partial charge in [-0.15, -0.1) is 0 Å². The summed E-state index contributed by atoms with van der Waals surface area (Å²) in [5, 5.41) is 3.33. The molecule has 4 rings (SSSR count). The zero-order chi connectivity index (χ0) is 20.1. The van der Waals surface area contributed by atoms with Crippen molar-refractivity contribution in [3.05, 3.63) is 55.1 Å². The Kier molecular flexibility index (Phi) is 5.69. The van der Waals surface area contributed by atoms with Crippen molar-refractivity contribution in [3.63, 3.8) is 0 Å². The number of rotatable bonds is 6. The first-order valence-electron chi connectivity index (χ1n) is 9.80. The highest BCUT2D eigenvalue weighted by molar-refractivity contribution is 5.60. The molecule has 0 unspecified atom stereocenters. The Bertz CT molecular complexity index is 910. The smallest absolute Gasteiger partial charge is 0.225 e. The molecule has 0 bridgehead atoms. The van der Waals surface area contributed by atoms with Gasteiger partial charge in [-0.1, -0.05) is 0 Å². The zero-order valence-electron chi connectivity index (χ0n) is 16.7. The number of ether oxygens (including phenoxy) is 1. The van der Waals surface area contributed by atoms with Crippen LogP contribution in [0.15, 0.2) is 55.1 Å². The molecule has 8 heteroatoms. The van der Waals surface area contributed by atoms with Crippen LogP contribution in [-0.4, -0.2) is 52.2 Å². The molecule has 0 saturated carbocycles. The summed E-state index contributed by atoms with van der Waals surface area (Å²) >= 11 is 0. The van der Waals surface area contributed by atoms with E-state index in [1.807, 2.05) is 50.2 Å². The van der Waals surface area contributed by atoms with Gasteiger partial charge in [0.15, 0.2) is 0 Å². The molecular weight excluding hydrogens is 366 g/mol. The van der Waals surface area contributed by atoms with Crippen LogP contribution in [0.1, 0.15) is 13.8 Å². The van der Waals surface area contributed by atoms with Gasteiger partial charge >= 0.3 is 0 Å². The lowest BCUT2D eigenvalue weighted by Gasteiger charge is -2.35. The highest BCUT2D eigenvalue weighted by Gasteiger charge is 2.20. The summed E-state index contributed by atoms with van der Waals surface area (Å²) in [4.78, 5) is 21.9. The van der Waals surface area contributed by atoms with E-state index in [4.69, 9.17) is 4.74 Å². The van der Waals surface area contributed by atoms with Gasteiger partial charge in [0.1, 0.15) is 23.7 Å². The van der Waals surface area contributed by atoms with Gasteiger partial charge in [-0.3, -0.25) is 0 Å². The largest absolute Gasteiger partial charge is 0.491 e. The molecule has 8 nitrogen and oxygen atoms in total. The van der Waals surface area contributed by atoms with Crippen molar-refractivity contribution in [2.24, 2.45) is 0 Å². The van der Waals surface area contributed by atoms with Crippen LogP contribution in [0.25, 0.3) is 0 Å². The molecule has 3 heterocycles. The first-order valence-corrected chi connectivity index (χ1v) is 9.80. The fourth-order valence-electron chi connectivity index (χ4n) is 3.22. The lowest BCUT2D eigenvalue weighted by molar-refractivity contribution is 0.242. The highest BCUT2D eigenvalue weighted by atomic mass is 16.5. The molecule has 150 valence electrons. The van der Waals surface area contributed by atoms with Crippen molar-refractivity contribution in [3.8, 4) is 5.75 Å². The maximum atomic E-state index is 5.69. The maximum absolute atomic E-state index is 5.69. The third-order valence-corrected chi connectivity index (χ3v) is 4.59. The Morgan fingerprint density at radius 3 is 2.28 bits per heavy atom. The molecule has 1 aliphatic heterocycles. The minimum atomic E-state index is 0.159. The predicted octanol–water partition coefficient (Wildman–Crippen LogP) is 3.12. The first kappa shape index (κ1) is 18.9. The van der Waals surface area contributed by atoms with Crippen LogP contribution < -0.4 is 19.9 Å². The van der Waals surface area contributed by atoms with Gasteiger partial charge in [0.05, 0.1) is 6.10 Å². The van der Waals surface area contributed by atoms with E-state index in [0.717, 1.165) is 55.2 Å². The Balaban J connectivity index is 1.38. The summed E-state index contributed by atoms with van der Waals surface area (Å²) in [5.41, 5.74) is 0.955. The molecule has 29 heavy (non-hydrogen) atoms. The molecule has 0 atom stereocenters. The van der Waals surface area contributed by atoms with Crippen molar-refractivity contribution < 1.29 is 4.74 Å². The summed E-state index contributed by atoms with van der Waals surface area (Å²) in [5.74, 6) is 3.31. The van der Waals surface area contributed by atoms with E-state index in [2.05, 4.69) is 35.1 Å². The Hall–Kier alpha value is -3.42. The van der Waals surface area contributed by atoms with Gasteiger partial charge in [0.25, 0.3) is 0 Å². The summed E-state index contributed by atoms with van der Waals surface area (Å²) in [6, 6.07) is 11.7. The third kappa shape index (κ3) is 4.90. The van der Waals surface area contributed by atoms with Crippen molar-refractivity contribution in [2.75, 3.05) is 41.3 Å². The van der Waals surface area contributed by atoms with Gasteiger partial charge in [-0.25, -0.2) is 19.9 Å². The van der Waals surface area contributed by atoms with E-state index < -0.39 is 0 Å². The van der Waals surface area contributed by atoms with Gasteiger partial charge in [0, 0.05) is 50.3 Å². The molecule has 1 aromatic carbocycles. The second kappa shape index (κ2) is 8.72. The third-order valence-electron chi connectivity index (χ3n) is 4.59. The number of nitrogens with zero attached hydrogens (tertiary/aromatic N) is 6. The monoisotopic (exact) mass is 391 g/mol. The van der Waals surface area contributed by atoms with Crippen LogP contribution in [-0.2, 0) is 0 Å². The van der Waals surface area contributed by atoms with Crippen molar-refractivity contribution >= 4 is 23.3 Å². The summed E-state index contributed by atoms with van der Waals surface area (Å²) in [6.07, 6.45) is 5.31. The Morgan fingerprint density at radius 1 is 0.897 bits per heavy atom. The molecule has 1 saturated heterocycles. The number of nitrogens with one attached hydrogen (secondary N) is 1. The topological polar surface area (TPSA) is 79.3 Å². The van der Waals surface area contributed by atoms with Crippen molar-refractivity contribution in [1.82, 2.24) is 19.9 Å². The van der Waals surface area contributed by atoms with E-state index in [1.165, 1.54) is 0 Å². The molecule has 0 aliphatic carbocycles. The van der Waals surface area contributed by atoms with Gasteiger partial charge in [0.2, 0.25) is 5.95 Å². The van der Waals surface area contributed by atoms with Crippen molar-refractivity contribution in [2.45, 2.75) is 20.0 Å². The second-order valence-electron chi connectivity index (χ2n) is 7.10. The van der Waals surface area contributed by atoms with Gasteiger partial charge in [-0.2, -0.15) is 0 Å². The molecular formula is C21H25N7O. The Labute approximate surface area is 170 Å². The van der Waals surface area contributed by atoms with Gasteiger partial charge in [-0.05, 0) is 44.2 Å². The lowest BCUT2D eigenvalue weighted by Crippen LogP contribution is -2.47. The van der Waals surface area contributed by atoms with Crippen LogP contribution in [0.5, 0.6) is 5.75 Å². The number of piperazine rings is 1. The quantitative estimate of drug-likeness (QED) is 0.687.